The van der Waals surface area contributed by atoms with Crippen LogP contribution in [0, 0.1) is 19.7 Å². The number of hydrogen-bond donors (Lipinski definition) is 1. The van der Waals surface area contributed by atoms with Crippen LogP contribution in [0.1, 0.15) is 21.5 Å². The van der Waals surface area contributed by atoms with Crippen molar-refractivity contribution in [1.29, 1.82) is 0 Å². The molecule has 2 aromatic carbocycles. The van der Waals surface area contributed by atoms with Crippen molar-refractivity contribution in [2.75, 3.05) is 5.32 Å². The minimum absolute atomic E-state index is 0.113. The van der Waals surface area contributed by atoms with E-state index in [-0.39, 0.29) is 10.6 Å². The van der Waals surface area contributed by atoms with Crippen LogP contribution in [0.5, 0.6) is 0 Å². The third-order valence-electron chi connectivity index (χ3n) is 4.49. The predicted octanol–water partition coefficient (Wildman–Crippen LogP) is 4.35. The average molecular weight is 406 g/mol. The van der Waals surface area contributed by atoms with Crippen LogP contribution in [0.4, 0.5) is 10.1 Å². The van der Waals surface area contributed by atoms with Gasteiger partial charge in [-0.2, -0.15) is 4.98 Å². The molecular formula is C21H14BClFN3O2. The van der Waals surface area contributed by atoms with E-state index in [0.29, 0.717) is 39.4 Å². The molecule has 0 unspecified atom stereocenters. The maximum atomic E-state index is 14.2. The first-order chi connectivity index (χ1) is 13.8. The lowest BCUT2D eigenvalue weighted by atomic mass is 9.99. The van der Waals surface area contributed by atoms with Gasteiger partial charge in [0.15, 0.2) is 17.0 Å². The first-order valence-corrected chi connectivity index (χ1v) is 9.10. The fourth-order valence-electron chi connectivity index (χ4n) is 3.03. The minimum atomic E-state index is -0.764. The molecule has 0 saturated heterocycles. The van der Waals surface area contributed by atoms with E-state index in [2.05, 4.69) is 15.3 Å². The number of hydrogen-bond acceptors (Lipinski definition) is 4. The number of anilines is 1. The number of nitrogens with one attached hydrogen (secondary N) is 1. The fourth-order valence-corrected chi connectivity index (χ4v) is 3.20. The molecule has 4 aromatic rings. The molecule has 2 radical (unpaired) electrons. The standard InChI is InChI=1S/C21H14BClFN3O2/c1-10-6-14(21-27-19-17(29-21)8-12(22)9-25-19)11(2)16(7-10)26-20(28)13-4-3-5-15(23)18(13)24/h3-9H,1-2H3,(H,26,28). The van der Waals surface area contributed by atoms with E-state index in [9.17, 15) is 9.18 Å². The minimum Gasteiger partial charge on any atom is -0.434 e. The molecule has 1 amide bonds. The Morgan fingerprint density at radius 3 is 2.83 bits per heavy atom. The number of aryl methyl sites for hydroxylation is 1. The van der Waals surface area contributed by atoms with E-state index in [4.69, 9.17) is 23.9 Å². The van der Waals surface area contributed by atoms with E-state index < -0.39 is 11.7 Å². The van der Waals surface area contributed by atoms with Crippen molar-refractivity contribution in [2.45, 2.75) is 13.8 Å². The number of aromatic nitrogens is 2. The van der Waals surface area contributed by atoms with E-state index >= 15 is 0 Å². The largest absolute Gasteiger partial charge is 0.434 e. The Labute approximate surface area is 172 Å². The van der Waals surface area contributed by atoms with Gasteiger partial charge in [0, 0.05) is 17.4 Å². The van der Waals surface area contributed by atoms with Crippen LogP contribution in [0.25, 0.3) is 22.7 Å². The first kappa shape index (κ1) is 19.1. The normalized spacial score (nSPS) is 11.0. The first-order valence-electron chi connectivity index (χ1n) is 8.72. The van der Waals surface area contributed by atoms with Crippen molar-refractivity contribution in [3.63, 3.8) is 0 Å². The third-order valence-corrected chi connectivity index (χ3v) is 4.79. The summed E-state index contributed by atoms with van der Waals surface area (Å²) in [4.78, 5) is 21.2. The van der Waals surface area contributed by atoms with Crippen LogP contribution in [0.15, 0.2) is 47.0 Å². The highest BCUT2D eigenvalue weighted by Crippen LogP contribution is 2.32. The molecule has 0 aliphatic heterocycles. The molecule has 0 atom stereocenters. The molecule has 0 fully saturated rings. The Morgan fingerprint density at radius 1 is 1.24 bits per heavy atom. The summed E-state index contributed by atoms with van der Waals surface area (Å²) in [5.41, 5.74) is 4.00. The highest BCUT2D eigenvalue weighted by atomic mass is 35.5. The molecule has 2 aromatic heterocycles. The van der Waals surface area contributed by atoms with Gasteiger partial charge in [-0.3, -0.25) is 4.79 Å². The van der Waals surface area contributed by atoms with E-state index in [1.807, 2.05) is 19.9 Å². The van der Waals surface area contributed by atoms with Crippen molar-refractivity contribution in [1.82, 2.24) is 9.97 Å². The molecule has 0 saturated carbocycles. The quantitative estimate of drug-likeness (QED) is 0.515. The van der Waals surface area contributed by atoms with Crippen molar-refractivity contribution in [3.05, 3.63) is 70.1 Å². The Morgan fingerprint density at radius 2 is 2.03 bits per heavy atom. The number of oxazole rings is 1. The number of nitrogens with zero attached hydrogens (tertiary/aromatic N) is 2. The van der Waals surface area contributed by atoms with Crippen LogP contribution < -0.4 is 10.8 Å². The molecule has 0 aliphatic carbocycles. The van der Waals surface area contributed by atoms with Crippen LogP contribution in [0.3, 0.4) is 0 Å². The van der Waals surface area contributed by atoms with Crippen molar-refractivity contribution in [2.24, 2.45) is 0 Å². The molecule has 0 bridgehead atoms. The lowest BCUT2D eigenvalue weighted by molar-refractivity contribution is 0.102. The number of carbonyl (C=O) groups excluding carboxylic acids is 1. The van der Waals surface area contributed by atoms with Crippen molar-refractivity contribution < 1.29 is 13.6 Å². The molecule has 29 heavy (non-hydrogen) atoms. The van der Waals surface area contributed by atoms with Gasteiger partial charge in [0.25, 0.3) is 5.91 Å². The number of amides is 1. The number of halogens is 2. The topological polar surface area (TPSA) is 68.0 Å². The Hall–Kier alpha value is -3.19. The summed E-state index contributed by atoms with van der Waals surface area (Å²) in [5.74, 6) is -1.01. The van der Waals surface area contributed by atoms with E-state index in [1.165, 1.54) is 24.4 Å². The monoisotopic (exact) mass is 405 g/mol. The van der Waals surface area contributed by atoms with Crippen LogP contribution in [-0.4, -0.2) is 23.7 Å². The number of pyridine rings is 1. The summed E-state index contributed by atoms with van der Waals surface area (Å²) in [7, 11) is 5.75. The van der Waals surface area contributed by atoms with Gasteiger partial charge >= 0.3 is 0 Å². The van der Waals surface area contributed by atoms with Gasteiger partial charge in [-0.25, -0.2) is 9.37 Å². The number of carbonyl (C=O) groups is 1. The van der Waals surface area contributed by atoms with Gasteiger partial charge in [-0.1, -0.05) is 23.1 Å². The fraction of sp³-hybridized carbons (Fsp3) is 0.0952. The van der Waals surface area contributed by atoms with Gasteiger partial charge in [0.1, 0.15) is 7.85 Å². The zero-order valence-corrected chi connectivity index (χ0v) is 16.3. The maximum absolute atomic E-state index is 14.2. The smallest absolute Gasteiger partial charge is 0.258 e. The molecule has 142 valence electrons. The van der Waals surface area contributed by atoms with Crippen LogP contribution in [-0.2, 0) is 0 Å². The highest BCUT2D eigenvalue weighted by Gasteiger charge is 2.18. The molecule has 0 spiro atoms. The summed E-state index contributed by atoms with van der Waals surface area (Å²) in [6.45, 7) is 3.69. The van der Waals surface area contributed by atoms with Gasteiger partial charge < -0.3 is 9.73 Å². The van der Waals surface area contributed by atoms with Gasteiger partial charge in [0.05, 0.1) is 10.6 Å². The Balaban J connectivity index is 1.75. The second-order valence-corrected chi connectivity index (χ2v) is 7.06. The summed E-state index contributed by atoms with van der Waals surface area (Å²) in [5, 5.41) is 2.63. The van der Waals surface area contributed by atoms with Gasteiger partial charge in [0.2, 0.25) is 5.89 Å². The second-order valence-electron chi connectivity index (χ2n) is 6.65. The maximum Gasteiger partial charge on any atom is 0.258 e. The zero-order chi connectivity index (χ0) is 20.7. The molecule has 4 rings (SSSR count). The van der Waals surface area contributed by atoms with Crippen molar-refractivity contribution in [3.8, 4) is 11.5 Å². The number of benzene rings is 2. The lowest BCUT2D eigenvalue weighted by Gasteiger charge is -2.13. The molecule has 8 heteroatoms. The Kier molecular flexibility index (Phi) is 4.84. The van der Waals surface area contributed by atoms with E-state index in [0.717, 1.165) is 5.56 Å². The zero-order valence-electron chi connectivity index (χ0n) is 15.6. The van der Waals surface area contributed by atoms with Gasteiger partial charge in [-0.05, 0) is 55.3 Å². The van der Waals surface area contributed by atoms with Gasteiger partial charge in [-0.15, -0.1) is 0 Å². The molecule has 5 nitrogen and oxygen atoms in total. The predicted molar refractivity (Wildman–Crippen MR) is 111 cm³/mol. The Bertz CT molecular complexity index is 1270. The molecule has 2 heterocycles. The average Bonchev–Trinajstić information content (AvgIpc) is 3.09. The molecule has 1 N–H and O–H groups in total. The molecular weight excluding hydrogens is 392 g/mol. The highest BCUT2D eigenvalue weighted by molar-refractivity contribution is 6.32. The summed E-state index contributed by atoms with van der Waals surface area (Å²) in [6.07, 6.45) is 1.50. The summed E-state index contributed by atoms with van der Waals surface area (Å²) < 4.78 is 20.0. The van der Waals surface area contributed by atoms with E-state index in [1.54, 1.807) is 12.1 Å². The molecule has 0 aliphatic rings. The summed E-state index contributed by atoms with van der Waals surface area (Å²) in [6, 6.07) is 9.61. The third kappa shape index (κ3) is 3.61. The number of rotatable bonds is 3. The second kappa shape index (κ2) is 7.33. The number of fused-ring (bicyclic) bond motifs is 1. The lowest BCUT2D eigenvalue weighted by Crippen LogP contribution is -2.15. The van der Waals surface area contributed by atoms with Crippen molar-refractivity contribution >= 4 is 47.7 Å². The van der Waals surface area contributed by atoms with Crippen LogP contribution in [0.2, 0.25) is 5.02 Å². The summed E-state index contributed by atoms with van der Waals surface area (Å²) >= 11 is 5.78. The van der Waals surface area contributed by atoms with Crippen LogP contribution >= 0.6 is 11.6 Å². The SMILES string of the molecule is [B]c1cnc2nc(-c3cc(C)cc(NC(=O)c4cccc(Cl)c4F)c3C)oc2c1.